The molecule has 1 atom stereocenters. The molecule has 1 aliphatic rings. The zero-order valence-electron chi connectivity index (χ0n) is 14.5. The highest BCUT2D eigenvalue weighted by molar-refractivity contribution is 9.10. The minimum Gasteiger partial charge on any atom is -0.326 e. The van der Waals surface area contributed by atoms with Crippen LogP contribution in [0.3, 0.4) is 0 Å². The summed E-state index contributed by atoms with van der Waals surface area (Å²) in [5.74, 6) is -0.497. The summed E-state index contributed by atoms with van der Waals surface area (Å²) < 4.78 is 28.1. The Morgan fingerprint density at radius 2 is 1.77 bits per heavy atom. The second-order valence-corrected chi connectivity index (χ2v) is 9.37. The first-order valence-electron chi connectivity index (χ1n) is 8.49. The Labute approximate surface area is 162 Å². The van der Waals surface area contributed by atoms with E-state index in [1.54, 1.807) is 24.3 Å². The number of carbonyl (C=O) groups is 1. The average molecular weight is 437 g/mol. The highest BCUT2D eigenvalue weighted by Crippen LogP contribution is 2.25. The maximum Gasteiger partial charge on any atom is 0.243 e. The number of halogens is 1. The summed E-state index contributed by atoms with van der Waals surface area (Å²) in [6, 6.07) is 14.1. The zero-order chi connectivity index (χ0) is 18.7. The smallest absolute Gasteiger partial charge is 0.243 e. The second kappa shape index (κ2) is 7.90. The molecule has 1 aliphatic heterocycles. The molecule has 7 heteroatoms. The van der Waals surface area contributed by atoms with Gasteiger partial charge in [0.15, 0.2) is 0 Å². The molecule has 1 amide bonds. The van der Waals surface area contributed by atoms with E-state index in [2.05, 4.69) is 21.2 Å². The first-order chi connectivity index (χ1) is 12.4. The number of piperidine rings is 1. The summed E-state index contributed by atoms with van der Waals surface area (Å²) in [5.41, 5.74) is 1.71. The summed E-state index contributed by atoms with van der Waals surface area (Å²) in [7, 11) is -3.58. The van der Waals surface area contributed by atoms with E-state index in [1.165, 1.54) is 4.31 Å². The van der Waals surface area contributed by atoms with Gasteiger partial charge in [-0.3, -0.25) is 4.79 Å². The average Bonchev–Trinajstić information content (AvgIpc) is 2.64. The van der Waals surface area contributed by atoms with Crippen molar-refractivity contribution in [3.05, 3.63) is 58.6 Å². The van der Waals surface area contributed by atoms with Gasteiger partial charge in [-0.25, -0.2) is 8.42 Å². The van der Waals surface area contributed by atoms with E-state index >= 15 is 0 Å². The molecule has 3 rings (SSSR count). The Balaban J connectivity index is 1.71. The van der Waals surface area contributed by atoms with Crippen LogP contribution in [0.1, 0.15) is 18.4 Å². The van der Waals surface area contributed by atoms with Crippen LogP contribution < -0.4 is 5.32 Å². The lowest BCUT2D eigenvalue weighted by atomic mass is 9.99. The highest BCUT2D eigenvalue weighted by Gasteiger charge is 2.33. The maximum atomic E-state index is 12.9. The summed E-state index contributed by atoms with van der Waals surface area (Å²) >= 11 is 3.36. The molecule has 0 radical (unpaired) electrons. The fourth-order valence-electron chi connectivity index (χ4n) is 3.01. The Morgan fingerprint density at radius 1 is 1.12 bits per heavy atom. The van der Waals surface area contributed by atoms with Crippen molar-refractivity contribution in [1.82, 2.24) is 4.31 Å². The van der Waals surface area contributed by atoms with E-state index in [0.29, 0.717) is 25.1 Å². The normalized spacial score (nSPS) is 18.5. The molecule has 1 unspecified atom stereocenters. The van der Waals surface area contributed by atoms with E-state index < -0.39 is 10.0 Å². The van der Waals surface area contributed by atoms with Crippen molar-refractivity contribution in [3.63, 3.8) is 0 Å². The number of benzene rings is 2. The Kier molecular flexibility index (Phi) is 5.79. The van der Waals surface area contributed by atoms with Gasteiger partial charge in [-0.1, -0.05) is 33.6 Å². The van der Waals surface area contributed by atoms with Crippen molar-refractivity contribution >= 4 is 37.5 Å². The van der Waals surface area contributed by atoms with Crippen molar-refractivity contribution in [1.29, 1.82) is 0 Å². The van der Waals surface area contributed by atoms with E-state index in [1.807, 2.05) is 31.2 Å². The van der Waals surface area contributed by atoms with Crippen LogP contribution in [0.5, 0.6) is 0 Å². The molecule has 2 aromatic rings. The molecular formula is C19H21BrN2O3S. The number of rotatable bonds is 4. The predicted octanol–water partition coefficient (Wildman–Crippen LogP) is 3.80. The van der Waals surface area contributed by atoms with E-state index in [4.69, 9.17) is 0 Å². The van der Waals surface area contributed by atoms with Gasteiger partial charge in [0, 0.05) is 23.2 Å². The lowest BCUT2D eigenvalue weighted by Crippen LogP contribution is -2.43. The Morgan fingerprint density at radius 3 is 2.42 bits per heavy atom. The Hall–Kier alpha value is -1.70. The van der Waals surface area contributed by atoms with Gasteiger partial charge in [0.1, 0.15) is 0 Å². The highest BCUT2D eigenvalue weighted by atomic mass is 79.9. The van der Waals surface area contributed by atoms with Gasteiger partial charge < -0.3 is 5.32 Å². The zero-order valence-corrected chi connectivity index (χ0v) is 16.9. The second-order valence-electron chi connectivity index (χ2n) is 6.51. The summed E-state index contributed by atoms with van der Waals surface area (Å²) in [4.78, 5) is 12.8. The van der Waals surface area contributed by atoms with E-state index in [-0.39, 0.29) is 23.3 Å². The SMILES string of the molecule is Cc1ccc(S(=O)(=O)N2CCCC(C(=O)Nc3ccc(Br)cc3)C2)cc1. The van der Waals surface area contributed by atoms with Crippen LogP contribution in [0.15, 0.2) is 57.9 Å². The van der Waals surface area contributed by atoms with Crippen molar-refractivity contribution in [3.8, 4) is 0 Å². The van der Waals surface area contributed by atoms with Crippen LogP contribution in [0.25, 0.3) is 0 Å². The maximum absolute atomic E-state index is 12.9. The number of amides is 1. The predicted molar refractivity (Wildman–Crippen MR) is 105 cm³/mol. The van der Waals surface area contributed by atoms with Crippen LogP contribution in [-0.4, -0.2) is 31.7 Å². The van der Waals surface area contributed by atoms with Gasteiger partial charge in [-0.2, -0.15) is 4.31 Å². The lowest BCUT2D eigenvalue weighted by molar-refractivity contribution is -0.120. The van der Waals surface area contributed by atoms with Crippen molar-refractivity contribution < 1.29 is 13.2 Å². The van der Waals surface area contributed by atoms with Crippen molar-refractivity contribution in [2.45, 2.75) is 24.7 Å². The molecule has 26 heavy (non-hydrogen) atoms. The third-order valence-corrected chi connectivity index (χ3v) is 6.93. The molecule has 5 nitrogen and oxygen atoms in total. The van der Waals surface area contributed by atoms with Gasteiger partial charge >= 0.3 is 0 Å². The fourth-order valence-corrected chi connectivity index (χ4v) is 4.80. The number of nitrogens with zero attached hydrogens (tertiary/aromatic N) is 1. The number of carbonyl (C=O) groups excluding carboxylic acids is 1. The number of aryl methyl sites for hydroxylation is 1. The van der Waals surface area contributed by atoms with Crippen LogP contribution in [0.4, 0.5) is 5.69 Å². The first kappa shape index (κ1) is 19.1. The van der Waals surface area contributed by atoms with E-state index in [9.17, 15) is 13.2 Å². The van der Waals surface area contributed by atoms with Gasteiger partial charge in [-0.05, 0) is 56.2 Å². The van der Waals surface area contributed by atoms with Gasteiger partial charge in [0.25, 0.3) is 0 Å². The number of hydrogen-bond donors (Lipinski definition) is 1. The summed E-state index contributed by atoms with van der Waals surface area (Å²) in [5, 5.41) is 2.88. The number of nitrogens with one attached hydrogen (secondary N) is 1. The number of hydrogen-bond acceptors (Lipinski definition) is 3. The molecular weight excluding hydrogens is 416 g/mol. The van der Waals surface area contributed by atoms with Crippen LogP contribution in [0, 0.1) is 12.8 Å². The van der Waals surface area contributed by atoms with Crippen molar-refractivity contribution in [2.75, 3.05) is 18.4 Å². The molecule has 1 saturated heterocycles. The van der Waals surface area contributed by atoms with Gasteiger partial charge in [0.2, 0.25) is 15.9 Å². The molecule has 0 aliphatic carbocycles. The molecule has 0 spiro atoms. The van der Waals surface area contributed by atoms with Crippen LogP contribution in [-0.2, 0) is 14.8 Å². The minimum atomic E-state index is -3.58. The standard InChI is InChI=1S/C19H21BrN2O3S/c1-14-4-10-18(11-5-14)26(24,25)22-12-2-3-15(13-22)19(23)21-17-8-6-16(20)7-9-17/h4-11,15H,2-3,12-13H2,1H3,(H,21,23). The molecule has 138 valence electrons. The minimum absolute atomic E-state index is 0.142. The molecule has 0 saturated carbocycles. The molecule has 1 fully saturated rings. The first-order valence-corrected chi connectivity index (χ1v) is 10.7. The van der Waals surface area contributed by atoms with Crippen LogP contribution >= 0.6 is 15.9 Å². The van der Waals surface area contributed by atoms with E-state index in [0.717, 1.165) is 10.0 Å². The lowest BCUT2D eigenvalue weighted by Gasteiger charge is -2.31. The van der Waals surface area contributed by atoms with Crippen LogP contribution in [0.2, 0.25) is 0 Å². The van der Waals surface area contributed by atoms with Gasteiger partial charge in [-0.15, -0.1) is 0 Å². The molecule has 2 aromatic carbocycles. The van der Waals surface area contributed by atoms with Crippen molar-refractivity contribution in [2.24, 2.45) is 5.92 Å². The molecule has 0 bridgehead atoms. The number of sulfonamides is 1. The third-order valence-electron chi connectivity index (χ3n) is 4.53. The van der Waals surface area contributed by atoms with Gasteiger partial charge in [0.05, 0.1) is 10.8 Å². The molecule has 1 N–H and O–H groups in total. The Bertz CT molecular complexity index is 880. The molecule has 0 aromatic heterocycles. The third kappa shape index (κ3) is 4.34. The summed E-state index contributed by atoms with van der Waals surface area (Å²) in [6.45, 7) is 2.57. The monoisotopic (exact) mass is 436 g/mol. The quantitative estimate of drug-likeness (QED) is 0.792. The largest absolute Gasteiger partial charge is 0.326 e. The molecule has 1 heterocycles. The topological polar surface area (TPSA) is 66.5 Å². The number of anilines is 1. The summed E-state index contributed by atoms with van der Waals surface area (Å²) in [6.07, 6.45) is 1.35. The fraction of sp³-hybridized carbons (Fsp3) is 0.316.